The summed E-state index contributed by atoms with van der Waals surface area (Å²) < 4.78 is 7.91. The molecule has 5 nitrogen and oxygen atoms in total. The van der Waals surface area contributed by atoms with Crippen LogP contribution >= 0.6 is 11.8 Å². The molecular formula is C24H27N3O2S. The largest absolute Gasteiger partial charge is 0.488 e. The smallest absolute Gasteiger partial charge is 0.221 e. The molecular weight excluding hydrogens is 394 g/mol. The van der Waals surface area contributed by atoms with Crippen molar-refractivity contribution >= 4 is 17.7 Å². The first-order valence-electron chi connectivity index (χ1n) is 10.2. The van der Waals surface area contributed by atoms with Gasteiger partial charge in [-0.25, -0.2) is 0 Å². The topological polar surface area (TPSA) is 56.2 Å². The van der Waals surface area contributed by atoms with Gasteiger partial charge in [0.05, 0.1) is 12.2 Å². The van der Waals surface area contributed by atoms with Crippen LogP contribution in [0.1, 0.15) is 23.4 Å². The molecule has 1 aromatic heterocycles. The van der Waals surface area contributed by atoms with Gasteiger partial charge in [-0.05, 0) is 67.1 Å². The fourth-order valence-corrected chi connectivity index (χ4v) is 4.23. The highest BCUT2D eigenvalue weighted by atomic mass is 32.2. The monoisotopic (exact) mass is 421 g/mol. The molecule has 0 fully saturated rings. The maximum atomic E-state index is 12.2. The minimum absolute atomic E-state index is 0.0215. The standard InChI is InChI=1S/C24H27N3O2S/c1-16-12-17(2)27(26-16)11-10-24(28)25-15-21-14-20-13-19(6-9-23(20)29-21)18-4-7-22(30-3)8-5-18/h4-9,12-13,21H,10-11,14-15H2,1-3H3,(H,25,28). The van der Waals surface area contributed by atoms with Gasteiger partial charge in [-0.1, -0.05) is 18.2 Å². The summed E-state index contributed by atoms with van der Waals surface area (Å²) in [6.45, 7) is 5.08. The third-order valence-corrected chi connectivity index (χ3v) is 6.15. The summed E-state index contributed by atoms with van der Waals surface area (Å²) in [4.78, 5) is 13.5. The van der Waals surface area contributed by atoms with Crippen molar-refractivity contribution in [3.8, 4) is 16.9 Å². The predicted octanol–water partition coefficient (Wildman–Crippen LogP) is 4.40. The normalized spacial score (nSPS) is 15.0. The number of benzene rings is 2. The Kier molecular flexibility index (Phi) is 6.13. The van der Waals surface area contributed by atoms with E-state index in [1.165, 1.54) is 21.6 Å². The SMILES string of the molecule is CSc1ccc(-c2ccc3c(c2)CC(CNC(=O)CCn2nc(C)cc2C)O3)cc1. The zero-order chi connectivity index (χ0) is 21.1. The van der Waals surface area contributed by atoms with Gasteiger partial charge >= 0.3 is 0 Å². The zero-order valence-corrected chi connectivity index (χ0v) is 18.5. The molecule has 156 valence electrons. The summed E-state index contributed by atoms with van der Waals surface area (Å²) in [5.41, 5.74) is 5.65. The van der Waals surface area contributed by atoms with E-state index in [1.54, 1.807) is 11.8 Å². The van der Waals surface area contributed by atoms with E-state index in [9.17, 15) is 4.79 Å². The molecule has 0 spiro atoms. The Bertz CT molecular complexity index is 1040. The Labute approximate surface area is 181 Å². The Morgan fingerprint density at radius 2 is 1.93 bits per heavy atom. The van der Waals surface area contributed by atoms with Gasteiger partial charge in [0.2, 0.25) is 5.91 Å². The molecule has 1 aliphatic heterocycles. The summed E-state index contributed by atoms with van der Waals surface area (Å²) >= 11 is 1.75. The number of thioether (sulfide) groups is 1. The van der Waals surface area contributed by atoms with Crippen LogP contribution in [-0.2, 0) is 17.8 Å². The first-order valence-corrected chi connectivity index (χ1v) is 11.5. The Balaban J connectivity index is 1.30. The lowest BCUT2D eigenvalue weighted by Gasteiger charge is -2.12. The van der Waals surface area contributed by atoms with Crippen molar-refractivity contribution in [2.75, 3.05) is 12.8 Å². The fraction of sp³-hybridized carbons (Fsp3) is 0.333. The summed E-state index contributed by atoms with van der Waals surface area (Å²) in [7, 11) is 0. The van der Waals surface area contributed by atoms with Gasteiger partial charge in [-0.15, -0.1) is 11.8 Å². The molecule has 1 N–H and O–H groups in total. The van der Waals surface area contributed by atoms with Crippen molar-refractivity contribution in [2.45, 2.75) is 44.2 Å². The van der Waals surface area contributed by atoms with Gasteiger partial charge in [0, 0.05) is 30.0 Å². The van der Waals surface area contributed by atoms with Crippen LogP contribution in [0, 0.1) is 13.8 Å². The number of aryl methyl sites for hydroxylation is 3. The number of nitrogens with zero attached hydrogens (tertiary/aromatic N) is 2. The lowest BCUT2D eigenvalue weighted by atomic mass is 10.0. The number of carbonyl (C=O) groups is 1. The number of fused-ring (bicyclic) bond motifs is 1. The molecule has 0 aliphatic carbocycles. The van der Waals surface area contributed by atoms with Gasteiger partial charge < -0.3 is 10.1 Å². The molecule has 4 rings (SSSR count). The van der Waals surface area contributed by atoms with Crippen molar-refractivity contribution in [2.24, 2.45) is 0 Å². The van der Waals surface area contributed by atoms with Crippen LogP contribution in [0.25, 0.3) is 11.1 Å². The summed E-state index contributed by atoms with van der Waals surface area (Å²) in [6, 6.07) is 17.0. The van der Waals surface area contributed by atoms with Gasteiger partial charge in [-0.3, -0.25) is 9.48 Å². The van der Waals surface area contributed by atoms with Crippen LogP contribution in [0.5, 0.6) is 5.75 Å². The average molecular weight is 422 g/mol. The van der Waals surface area contributed by atoms with E-state index in [4.69, 9.17) is 4.74 Å². The molecule has 6 heteroatoms. The van der Waals surface area contributed by atoms with Gasteiger partial charge in [0.1, 0.15) is 11.9 Å². The molecule has 1 unspecified atom stereocenters. The third-order valence-electron chi connectivity index (χ3n) is 5.41. The molecule has 1 amide bonds. The first kappa shape index (κ1) is 20.5. The van der Waals surface area contributed by atoms with E-state index in [-0.39, 0.29) is 12.0 Å². The van der Waals surface area contributed by atoms with E-state index in [0.717, 1.165) is 23.6 Å². The van der Waals surface area contributed by atoms with Gasteiger partial charge in [0.15, 0.2) is 0 Å². The fourth-order valence-electron chi connectivity index (χ4n) is 3.82. The third kappa shape index (κ3) is 4.70. The highest BCUT2D eigenvalue weighted by Gasteiger charge is 2.23. The van der Waals surface area contributed by atoms with Crippen molar-refractivity contribution in [1.82, 2.24) is 15.1 Å². The second kappa shape index (κ2) is 8.96. The molecule has 2 aromatic carbocycles. The molecule has 2 heterocycles. The number of hydrogen-bond acceptors (Lipinski definition) is 4. The summed E-state index contributed by atoms with van der Waals surface area (Å²) in [6.07, 6.45) is 3.29. The highest BCUT2D eigenvalue weighted by molar-refractivity contribution is 7.98. The second-order valence-corrected chi connectivity index (χ2v) is 8.58. The minimum atomic E-state index is -0.0215. The molecule has 0 bridgehead atoms. The zero-order valence-electron chi connectivity index (χ0n) is 17.6. The molecule has 1 atom stereocenters. The van der Waals surface area contributed by atoms with Gasteiger partial charge in [0.25, 0.3) is 0 Å². The molecule has 0 saturated heterocycles. The Hall–Kier alpha value is -2.73. The van der Waals surface area contributed by atoms with Crippen LogP contribution in [0.4, 0.5) is 0 Å². The van der Waals surface area contributed by atoms with Gasteiger partial charge in [-0.2, -0.15) is 5.10 Å². The number of amides is 1. The second-order valence-electron chi connectivity index (χ2n) is 7.70. The van der Waals surface area contributed by atoms with E-state index < -0.39 is 0 Å². The van der Waals surface area contributed by atoms with Crippen LogP contribution in [0.15, 0.2) is 53.4 Å². The van der Waals surface area contributed by atoms with Crippen molar-refractivity contribution in [1.29, 1.82) is 0 Å². The highest BCUT2D eigenvalue weighted by Crippen LogP contribution is 2.33. The van der Waals surface area contributed by atoms with Crippen LogP contribution in [0.2, 0.25) is 0 Å². The predicted molar refractivity (Wildman–Crippen MR) is 121 cm³/mol. The number of hydrogen-bond donors (Lipinski definition) is 1. The molecule has 1 aliphatic rings. The number of ether oxygens (including phenoxy) is 1. The lowest BCUT2D eigenvalue weighted by molar-refractivity contribution is -0.121. The van der Waals surface area contributed by atoms with Crippen LogP contribution < -0.4 is 10.1 Å². The maximum absolute atomic E-state index is 12.2. The number of carbonyl (C=O) groups excluding carboxylic acids is 1. The van der Waals surface area contributed by atoms with E-state index in [2.05, 4.69) is 53.1 Å². The van der Waals surface area contributed by atoms with E-state index in [0.29, 0.717) is 19.5 Å². The Morgan fingerprint density at radius 3 is 2.63 bits per heavy atom. The van der Waals surface area contributed by atoms with E-state index in [1.807, 2.05) is 30.7 Å². The molecule has 0 saturated carbocycles. The lowest BCUT2D eigenvalue weighted by Crippen LogP contribution is -2.34. The summed E-state index contributed by atoms with van der Waals surface area (Å²) in [5.74, 6) is 0.943. The summed E-state index contributed by atoms with van der Waals surface area (Å²) in [5, 5.41) is 7.41. The molecule has 0 radical (unpaired) electrons. The molecule has 30 heavy (non-hydrogen) atoms. The van der Waals surface area contributed by atoms with E-state index >= 15 is 0 Å². The van der Waals surface area contributed by atoms with Crippen LogP contribution in [0.3, 0.4) is 0 Å². The molecule has 3 aromatic rings. The average Bonchev–Trinajstić information content (AvgIpc) is 3.31. The number of aromatic nitrogens is 2. The maximum Gasteiger partial charge on any atom is 0.221 e. The van der Waals surface area contributed by atoms with Crippen LogP contribution in [-0.4, -0.2) is 34.6 Å². The Morgan fingerprint density at radius 1 is 1.17 bits per heavy atom. The van der Waals surface area contributed by atoms with Crippen molar-refractivity contribution in [3.63, 3.8) is 0 Å². The van der Waals surface area contributed by atoms with Crippen molar-refractivity contribution < 1.29 is 9.53 Å². The van der Waals surface area contributed by atoms with Crippen molar-refractivity contribution in [3.05, 3.63) is 65.5 Å². The first-order chi connectivity index (χ1) is 14.5. The number of rotatable bonds is 7. The quantitative estimate of drug-likeness (QED) is 0.575. The number of nitrogens with one attached hydrogen (secondary N) is 1. The minimum Gasteiger partial charge on any atom is -0.488 e.